The van der Waals surface area contributed by atoms with Crippen LogP contribution in [0.25, 0.3) is 33.6 Å². The highest BCUT2D eigenvalue weighted by atomic mass is 15.2. The summed E-state index contributed by atoms with van der Waals surface area (Å²) in [5.74, 6) is 0. The van der Waals surface area contributed by atoms with E-state index in [0.29, 0.717) is 6.54 Å². The van der Waals surface area contributed by atoms with Crippen LogP contribution >= 0.6 is 0 Å². The van der Waals surface area contributed by atoms with Crippen molar-refractivity contribution in [1.82, 2.24) is 23.8 Å². The maximum absolute atomic E-state index is 6.24. The lowest BCUT2D eigenvalue weighted by molar-refractivity contribution is 0.296. The lowest BCUT2D eigenvalue weighted by atomic mass is 10.0. The third-order valence-electron chi connectivity index (χ3n) is 7.41. The molecule has 2 N–H and O–H groups in total. The third-order valence-corrected chi connectivity index (χ3v) is 7.41. The quantitative estimate of drug-likeness (QED) is 0.368. The first-order chi connectivity index (χ1) is 17.5. The molecule has 6 rings (SSSR count). The van der Waals surface area contributed by atoms with E-state index in [9.17, 15) is 0 Å². The fourth-order valence-corrected chi connectivity index (χ4v) is 5.61. The van der Waals surface area contributed by atoms with Crippen molar-refractivity contribution >= 4 is 22.2 Å². The van der Waals surface area contributed by atoms with Crippen molar-refractivity contribution in [2.24, 2.45) is 5.73 Å². The molecule has 1 saturated heterocycles. The zero-order chi connectivity index (χ0) is 24.8. The van der Waals surface area contributed by atoms with Gasteiger partial charge in [0.15, 0.2) is 0 Å². The van der Waals surface area contributed by atoms with Gasteiger partial charge in [-0.3, -0.25) is 4.98 Å². The van der Waals surface area contributed by atoms with Crippen molar-refractivity contribution in [2.75, 3.05) is 13.1 Å². The van der Waals surface area contributed by atoms with Gasteiger partial charge in [0.05, 0.1) is 17.9 Å². The highest BCUT2D eigenvalue weighted by Gasteiger charge is 2.22. The maximum Gasteiger partial charge on any atom is 0.138 e. The molecule has 4 aromatic heterocycles. The fourth-order valence-electron chi connectivity index (χ4n) is 5.61. The molecule has 1 fully saturated rings. The average molecular weight is 477 g/mol. The number of nitrogens with zero attached hydrogens (tertiary/aromatic N) is 5. The van der Waals surface area contributed by atoms with Gasteiger partial charge in [-0.15, -0.1) is 0 Å². The van der Waals surface area contributed by atoms with Crippen LogP contribution in [0.4, 0.5) is 0 Å². The van der Waals surface area contributed by atoms with E-state index in [-0.39, 0.29) is 6.04 Å². The van der Waals surface area contributed by atoms with Crippen LogP contribution in [0.5, 0.6) is 0 Å². The van der Waals surface area contributed by atoms with Gasteiger partial charge in [-0.05, 0) is 63.1 Å². The third kappa shape index (κ3) is 3.88. The molecule has 5 heterocycles. The Labute approximate surface area is 211 Å². The van der Waals surface area contributed by atoms with Crippen LogP contribution in [0.15, 0.2) is 73.4 Å². The second-order valence-corrected chi connectivity index (χ2v) is 9.92. The van der Waals surface area contributed by atoms with Crippen LogP contribution in [0.1, 0.15) is 35.5 Å². The van der Waals surface area contributed by atoms with Crippen molar-refractivity contribution in [2.45, 2.75) is 39.3 Å². The second kappa shape index (κ2) is 8.95. The van der Waals surface area contributed by atoms with Crippen molar-refractivity contribution < 1.29 is 0 Å². The van der Waals surface area contributed by atoms with Crippen LogP contribution in [0.2, 0.25) is 0 Å². The summed E-state index contributed by atoms with van der Waals surface area (Å²) in [5, 5.41) is 1.20. The number of piperidine rings is 1. The monoisotopic (exact) mass is 476 g/mol. The van der Waals surface area contributed by atoms with Crippen molar-refractivity contribution in [3.05, 3.63) is 96.1 Å². The van der Waals surface area contributed by atoms with Gasteiger partial charge in [0.2, 0.25) is 0 Å². The Hall–Kier alpha value is -3.90. The first-order valence-corrected chi connectivity index (χ1v) is 12.7. The van der Waals surface area contributed by atoms with Crippen molar-refractivity contribution in [1.29, 1.82) is 0 Å². The van der Waals surface area contributed by atoms with Crippen molar-refractivity contribution in [3.63, 3.8) is 0 Å². The van der Waals surface area contributed by atoms with E-state index in [1.54, 1.807) is 0 Å². The smallest absolute Gasteiger partial charge is 0.138 e. The minimum absolute atomic E-state index is 0.210. The van der Waals surface area contributed by atoms with Crippen LogP contribution in [0.3, 0.4) is 0 Å². The Balaban J connectivity index is 1.46. The molecule has 1 aromatic carbocycles. The summed E-state index contributed by atoms with van der Waals surface area (Å²) >= 11 is 0. The number of aryl methyl sites for hydroxylation is 2. The summed E-state index contributed by atoms with van der Waals surface area (Å²) in [6, 6.07) is 21.4. The highest BCUT2D eigenvalue weighted by Crippen LogP contribution is 2.33. The predicted octanol–water partition coefficient (Wildman–Crippen LogP) is 5.41. The molecule has 0 aliphatic carbocycles. The number of hydrogen-bond donors (Lipinski definition) is 1. The number of nitrogens with two attached hydrogens (primary N) is 1. The number of hydrogen-bond acceptors (Lipinski definition) is 4. The van der Waals surface area contributed by atoms with E-state index >= 15 is 0 Å². The molecule has 1 aliphatic heterocycles. The number of para-hydroxylation sites is 1. The molecule has 0 amide bonds. The van der Waals surface area contributed by atoms with Gasteiger partial charge in [-0.1, -0.05) is 30.8 Å². The normalized spacial score (nSPS) is 16.2. The average Bonchev–Trinajstić information content (AvgIpc) is 3.41. The number of rotatable bonds is 5. The molecule has 1 aliphatic rings. The summed E-state index contributed by atoms with van der Waals surface area (Å²) in [6.45, 7) is 11.3. The number of pyridine rings is 2. The van der Waals surface area contributed by atoms with Gasteiger partial charge in [0.25, 0.3) is 0 Å². The SMILES string of the molecule is C=C(c1cc(C)n2c(C)c(-c3cc4ccccc4n3Cc3ccccn3)nc2c1)N1CCCC(N)C1. The largest absolute Gasteiger partial charge is 0.370 e. The summed E-state index contributed by atoms with van der Waals surface area (Å²) in [7, 11) is 0. The van der Waals surface area contributed by atoms with Gasteiger partial charge in [0, 0.05) is 58.9 Å². The lowest BCUT2D eigenvalue weighted by Gasteiger charge is -2.34. The predicted molar refractivity (Wildman–Crippen MR) is 147 cm³/mol. The summed E-state index contributed by atoms with van der Waals surface area (Å²) in [4.78, 5) is 12.1. The lowest BCUT2D eigenvalue weighted by Crippen LogP contribution is -2.41. The van der Waals surface area contributed by atoms with E-state index in [0.717, 1.165) is 71.3 Å². The van der Waals surface area contributed by atoms with Crippen LogP contribution in [-0.4, -0.2) is 43.0 Å². The molecule has 182 valence electrons. The van der Waals surface area contributed by atoms with Crippen molar-refractivity contribution in [3.8, 4) is 11.4 Å². The molecular weight excluding hydrogens is 444 g/mol. The zero-order valence-corrected chi connectivity index (χ0v) is 21.0. The zero-order valence-electron chi connectivity index (χ0n) is 21.0. The first kappa shape index (κ1) is 22.6. The Kier molecular flexibility index (Phi) is 5.61. The summed E-state index contributed by atoms with van der Waals surface area (Å²) in [5.41, 5.74) is 15.9. The second-order valence-electron chi connectivity index (χ2n) is 9.92. The van der Waals surface area contributed by atoms with Crippen LogP contribution in [0, 0.1) is 13.8 Å². The van der Waals surface area contributed by atoms with Gasteiger partial charge < -0.3 is 19.6 Å². The molecule has 0 radical (unpaired) electrons. The first-order valence-electron chi connectivity index (χ1n) is 12.7. The molecule has 5 aromatic rings. The van der Waals surface area contributed by atoms with E-state index in [1.165, 1.54) is 10.9 Å². The number of likely N-dealkylation sites (tertiary alicyclic amines) is 1. The summed E-state index contributed by atoms with van der Waals surface area (Å²) < 4.78 is 4.58. The Morgan fingerprint density at radius 1 is 1.08 bits per heavy atom. The topological polar surface area (TPSA) is 64.4 Å². The minimum Gasteiger partial charge on any atom is -0.370 e. The minimum atomic E-state index is 0.210. The Bertz CT molecular complexity index is 1580. The van der Waals surface area contributed by atoms with Crippen LogP contribution < -0.4 is 5.73 Å². The van der Waals surface area contributed by atoms with Gasteiger partial charge in [-0.25, -0.2) is 4.98 Å². The van der Waals surface area contributed by atoms with Gasteiger partial charge in [0.1, 0.15) is 11.3 Å². The molecule has 0 spiro atoms. The van der Waals surface area contributed by atoms with E-state index in [1.807, 2.05) is 18.3 Å². The van der Waals surface area contributed by atoms with Gasteiger partial charge >= 0.3 is 0 Å². The number of fused-ring (bicyclic) bond motifs is 2. The van der Waals surface area contributed by atoms with E-state index in [2.05, 4.69) is 87.8 Å². The van der Waals surface area contributed by atoms with Gasteiger partial charge in [-0.2, -0.15) is 0 Å². The molecule has 0 saturated carbocycles. The molecule has 1 atom stereocenters. The highest BCUT2D eigenvalue weighted by molar-refractivity contribution is 5.87. The van der Waals surface area contributed by atoms with E-state index in [4.69, 9.17) is 10.7 Å². The number of benzene rings is 1. The van der Waals surface area contributed by atoms with Crippen LogP contribution in [-0.2, 0) is 6.54 Å². The molecule has 36 heavy (non-hydrogen) atoms. The fraction of sp³-hybridized carbons (Fsp3) is 0.267. The molecule has 1 unspecified atom stereocenters. The van der Waals surface area contributed by atoms with E-state index < -0.39 is 0 Å². The molecule has 6 heteroatoms. The Morgan fingerprint density at radius 3 is 2.72 bits per heavy atom. The molecular formula is C30H32N6. The summed E-state index contributed by atoms with van der Waals surface area (Å²) in [6.07, 6.45) is 4.04. The number of imidazole rings is 1. The molecule has 0 bridgehead atoms. The standard InChI is InChI=1S/C30H32N6/c1-20-15-24(21(2)34-14-8-10-25(31)18-34)17-29-33-30(22(3)36(20)29)28-16-23-9-4-5-12-27(23)35(28)19-26-11-6-7-13-32-26/h4-7,9,11-13,15-17,25H,2,8,10,14,18-19,31H2,1,3H3. The number of aromatic nitrogens is 4. The Morgan fingerprint density at radius 2 is 1.92 bits per heavy atom. The maximum atomic E-state index is 6.24. The molecule has 6 nitrogen and oxygen atoms in total.